The van der Waals surface area contributed by atoms with Crippen molar-refractivity contribution in [2.75, 3.05) is 5.32 Å². The van der Waals surface area contributed by atoms with Crippen molar-refractivity contribution >= 4 is 11.7 Å². The third kappa shape index (κ3) is 2.15. The van der Waals surface area contributed by atoms with Gasteiger partial charge in [-0.3, -0.25) is 0 Å². The third-order valence-electron chi connectivity index (χ3n) is 5.59. The quantitative estimate of drug-likeness (QED) is 0.780. The minimum Gasteiger partial charge on any atom is -0.478 e. The van der Waals surface area contributed by atoms with Crippen molar-refractivity contribution in [3.8, 4) is 0 Å². The molecule has 3 heteroatoms. The fourth-order valence-electron chi connectivity index (χ4n) is 4.19. The second-order valence-corrected chi connectivity index (χ2v) is 6.84. The molecular weight excluding hydrogens is 298 g/mol. The van der Waals surface area contributed by atoms with Crippen LogP contribution in [0.1, 0.15) is 51.0 Å². The Balaban J connectivity index is 1.87. The molecule has 1 heterocycles. The van der Waals surface area contributed by atoms with Gasteiger partial charge in [0.2, 0.25) is 0 Å². The van der Waals surface area contributed by atoms with Gasteiger partial charge in [0.1, 0.15) is 0 Å². The summed E-state index contributed by atoms with van der Waals surface area (Å²) in [6, 6.07) is 11.8. The number of hydrogen-bond donors (Lipinski definition) is 2. The lowest BCUT2D eigenvalue weighted by atomic mass is 9.75. The molecule has 0 radical (unpaired) electrons. The van der Waals surface area contributed by atoms with Crippen LogP contribution in [-0.4, -0.2) is 11.1 Å². The van der Waals surface area contributed by atoms with Gasteiger partial charge in [-0.1, -0.05) is 42.5 Å². The lowest BCUT2D eigenvalue weighted by Gasteiger charge is -2.39. The molecule has 0 saturated heterocycles. The number of carboxylic acid groups (broad SMARTS) is 1. The number of aryl methyl sites for hydroxylation is 1. The van der Waals surface area contributed by atoms with Gasteiger partial charge in [-0.25, -0.2) is 4.79 Å². The van der Waals surface area contributed by atoms with Crippen LogP contribution in [0.5, 0.6) is 0 Å². The summed E-state index contributed by atoms with van der Waals surface area (Å²) in [5, 5.41) is 13.3. The van der Waals surface area contributed by atoms with Crippen molar-refractivity contribution < 1.29 is 9.90 Å². The van der Waals surface area contributed by atoms with Gasteiger partial charge in [-0.15, -0.1) is 0 Å². The predicted octanol–water partition coefficient (Wildman–Crippen LogP) is 4.83. The molecule has 122 valence electrons. The molecule has 2 aromatic rings. The van der Waals surface area contributed by atoms with Gasteiger partial charge in [0.15, 0.2) is 0 Å². The number of benzene rings is 2. The highest BCUT2D eigenvalue weighted by Gasteiger charge is 2.39. The Hall–Kier alpha value is -2.55. The van der Waals surface area contributed by atoms with Crippen LogP contribution < -0.4 is 5.32 Å². The first-order chi connectivity index (χ1) is 11.6. The molecule has 2 aromatic carbocycles. The number of carboxylic acids is 1. The fourth-order valence-corrected chi connectivity index (χ4v) is 4.19. The highest BCUT2D eigenvalue weighted by molar-refractivity contribution is 5.90. The van der Waals surface area contributed by atoms with Crippen LogP contribution in [0.25, 0.3) is 0 Å². The summed E-state index contributed by atoms with van der Waals surface area (Å²) in [6.45, 7) is 4.26. The van der Waals surface area contributed by atoms with Crippen molar-refractivity contribution in [3.63, 3.8) is 0 Å². The van der Waals surface area contributed by atoms with Crippen LogP contribution in [0.2, 0.25) is 0 Å². The molecule has 3 nitrogen and oxygen atoms in total. The Morgan fingerprint density at radius 2 is 1.92 bits per heavy atom. The second-order valence-electron chi connectivity index (χ2n) is 6.84. The number of nitrogens with one attached hydrogen (secondary N) is 1. The maximum Gasteiger partial charge on any atom is 0.336 e. The molecular formula is C21H21NO2. The van der Waals surface area contributed by atoms with E-state index in [0.29, 0.717) is 17.4 Å². The zero-order chi connectivity index (χ0) is 16.8. The zero-order valence-corrected chi connectivity index (χ0v) is 13.9. The largest absolute Gasteiger partial charge is 0.478 e. The maximum absolute atomic E-state index is 11.7. The van der Waals surface area contributed by atoms with E-state index in [1.165, 1.54) is 22.4 Å². The number of carbonyl (C=O) groups is 1. The van der Waals surface area contributed by atoms with E-state index >= 15 is 0 Å². The monoisotopic (exact) mass is 319 g/mol. The standard InChI is InChI=1S/C21H21NO2/c1-12-10-11-17-14-8-5-9-15(14)20(22-19(17)13(12)2)16-6-3-4-7-18(16)21(23)24/h3-8,10-11,14-15,20,22H,9H2,1-2H3,(H,23,24)/t14-,15+,20-/m0/s1. The summed E-state index contributed by atoms with van der Waals surface area (Å²) in [5.74, 6) is -0.144. The Labute approximate surface area is 142 Å². The molecule has 0 aromatic heterocycles. The Kier molecular flexibility index (Phi) is 3.45. The summed E-state index contributed by atoms with van der Waals surface area (Å²) >= 11 is 0. The summed E-state index contributed by atoms with van der Waals surface area (Å²) in [7, 11) is 0. The minimum absolute atomic E-state index is 0.0188. The van der Waals surface area contributed by atoms with Gasteiger partial charge in [0.05, 0.1) is 11.6 Å². The fraction of sp³-hybridized carbons (Fsp3) is 0.286. The SMILES string of the molecule is Cc1ccc2c(c1C)N[C@H](c1ccccc1C(=O)O)[C@@H]1CC=C[C@H]21. The highest BCUT2D eigenvalue weighted by Crippen LogP contribution is 2.51. The summed E-state index contributed by atoms with van der Waals surface area (Å²) in [4.78, 5) is 11.7. The smallest absolute Gasteiger partial charge is 0.336 e. The summed E-state index contributed by atoms with van der Waals surface area (Å²) < 4.78 is 0. The van der Waals surface area contributed by atoms with Gasteiger partial charge in [0.25, 0.3) is 0 Å². The van der Waals surface area contributed by atoms with E-state index in [9.17, 15) is 9.90 Å². The van der Waals surface area contributed by atoms with Crippen LogP contribution in [0, 0.1) is 19.8 Å². The molecule has 1 aliphatic carbocycles. The van der Waals surface area contributed by atoms with Crippen molar-refractivity contribution in [2.24, 2.45) is 5.92 Å². The number of anilines is 1. The Bertz CT molecular complexity index is 853. The lowest BCUT2D eigenvalue weighted by Crippen LogP contribution is -2.30. The summed E-state index contributed by atoms with van der Waals surface area (Å²) in [5.41, 5.74) is 6.30. The van der Waals surface area contributed by atoms with Gasteiger partial charge in [0, 0.05) is 11.6 Å². The first-order valence-corrected chi connectivity index (χ1v) is 8.43. The van der Waals surface area contributed by atoms with E-state index in [1.807, 2.05) is 12.1 Å². The zero-order valence-electron chi connectivity index (χ0n) is 13.9. The molecule has 1 aliphatic heterocycles. The van der Waals surface area contributed by atoms with Crippen LogP contribution >= 0.6 is 0 Å². The van der Waals surface area contributed by atoms with Gasteiger partial charge in [-0.2, -0.15) is 0 Å². The average Bonchev–Trinajstić information content (AvgIpc) is 3.07. The van der Waals surface area contributed by atoms with Crippen LogP contribution in [0.4, 0.5) is 5.69 Å². The number of fused-ring (bicyclic) bond motifs is 3. The molecule has 2 N–H and O–H groups in total. The van der Waals surface area contributed by atoms with Crippen molar-refractivity contribution in [3.05, 3.63) is 76.4 Å². The number of hydrogen-bond acceptors (Lipinski definition) is 2. The first kappa shape index (κ1) is 15.0. The lowest BCUT2D eigenvalue weighted by molar-refractivity contribution is 0.0694. The number of aromatic carboxylic acids is 1. The van der Waals surface area contributed by atoms with E-state index < -0.39 is 5.97 Å². The Morgan fingerprint density at radius 1 is 1.12 bits per heavy atom. The molecule has 0 saturated carbocycles. The van der Waals surface area contributed by atoms with Crippen molar-refractivity contribution in [1.29, 1.82) is 0 Å². The molecule has 4 rings (SSSR count). The first-order valence-electron chi connectivity index (χ1n) is 8.43. The second kappa shape index (κ2) is 5.52. The van der Waals surface area contributed by atoms with Gasteiger partial charge in [-0.05, 0) is 54.5 Å². The average molecular weight is 319 g/mol. The molecule has 0 bridgehead atoms. The Morgan fingerprint density at radius 3 is 2.71 bits per heavy atom. The highest BCUT2D eigenvalue weighted by atomic mass is 16.4. The molecule has 2 aliphatic rings. The molecule has 0 amide bonds. The van der Waals surface area contributed by atoms with E-state index in [2.05, 4.69) is 43.4 Å². The predicted molar refractivity (Wildman–Crippen MR) is 95.7 cm³/mol. The number of rotatable bonds is 2. The normalized spacial score (nSPS) is 24.2. The van der Waals surface area contributed by atoms with Gasteiger partial charge < -0.3 is 10.4 Å². The van der Waals surface area contributed by atoms with E-state index in [4.69, 9.17) is 0 Å². The maximum atomic E-state index is 11.7. The third-order valence-corrected chi connectivity index (χ3v) is 5.59. The molecule has 0 unspecified atom stereocenters. The van der Waals surface area contributed by atoms with Crippen LogP contribution in [-0.2, 0) is 0 Å². The molecule has 0 spiro atoms. The molecule has 24 heavy (non-hydrogen) atoms. The molecule has 0 fully saturated rings. The summed E-state index contributed by atoms with van der Waals surface area (Å²) in [6.07, 6.45) is 5.50. The van der Waals surface area contributed by atoms with Gasteiger partial charge >= 0.3 is 5.97 Å². The van der Waals surface area contributed by atoms with E-state index in [0.717, 1.165) is 12.0 Å². The number of allylic oxidation sites excluding steroid dienone is 2. The topological polar surface area (TPSA) is 49.3 Å². The van der Waals surface area contributed by atoms with E-state index in [1.54, 1.807) is 12.1 Å². The molecule has 3 atom stereocenters. The van der Waals surface area contributed by atoms with Crippen LogP contribution in [0.3, 0.4) is 0 Å². The van der Waals surface area contributed by atoms with Crippen molar-refractivity contribution in [1.82, 2.24) is 0 Å². The van der Waals surface area contributed by atoms with Crippen LogP contribution in [0.15, 0.2) is 48.6 Å². The van der Waals surface area contributed by atoms with Crippen molar-refractivity contribution in [2.45, 2.75) is 32.2 Å². The van der Waals surface area contributed by atoms with E-state index in [-0.39, 0.29) is 6.04 Å². The minimum atomic E-state index is -0.860.